The van der Waals surface area contributed by atoms with Gasteiger partial charge in [-0.15, -0.1) is 0 Å². The van der Waals surface area contributed by atoms with Crippen LogP contribution in [-0.2, 0) is 16.1 Å². The van der Waals surface area contributed by atoms with Crippen molar-refractivity contribution in [3.8, 4) is 0 Å². The fourth-order valence-corrected chi connectivity index (χ4v) is 4.08. The van der Waals surface area contributed by atoms with Crippen LogP contribution in [0, 0.1) is 5.92 Å². The molecule has 0 saturated carbocycles. The largest absolute Gasteiger partial charge is 0.379 e. The van der Waals surface area contributed by atoms with Crippen LogP contribution in [0.25, 0.3) is 0 Å². The number of amides is 1. The molecule has 4 rings (SSSR count). The third-order valence-corrected chi connectivity index (χ3v) is 5.60. The number of likely N-dealkylation sites (tertiary alicyclic amines) is 1. The van der Waals surface area contributed by atoms with Crippen LogP contribution in [0.5, 0.6) is 0 Å². The molecule has 1 amide bonds. The Bertz CT molecular complexity index is 707. The predicted octanol–water partition coefficient (Wildman–Crippen LogP) is 1.59. The van der Waals surface area contributed by atoms with E-state index < -0.39 is 0 Å². The zero-order valence-electron chi connectivity index (χ0n) is 15.6. The van der Waals surface area contributed by atoms with Gasteiger partial charge in [-0.1, -0.05) is 6.07 Å². The zero-order valence-corrected chi connectivity index (χ0v) is 15.6. The quantitative estimate of drug-likeness (QED) is 0.801. The number of pyridine rings is 1. The average molecular weight is 369 g/mol. The summed E-state index contributed by atoms with van der Waals surface area (Å²) < 4.78 is 7.62. The lowest BCUT2D eigenvalue weighted by molar-refractivity contribution is -0.140. The molecule has 0 unspecified atom stereocenters. The maximum atomic E-state index is 13.4. The van der Waals surface area contributed by atoms with Gasteiger partial charge in [0.1, 0.15) is 6.04 Å². The highest BCUT2D eigenvalue weighted by Gasteiger charge is 2.34. The second-order valence-corrected chi connectivity index (χ2v) is 7.37. The standard InChI is InChI=1S/C20H27N5O2/c26-20(25-7-3-17(4-8-25)15-23-9-6-22-16-23)19(18-2-1-5-21-14-18)24-10-12-27-13-11-24/h1-2,5-6,9,14,16-17,19H,3-4,7-8,10-13,15H2/t19-/m1/s1. The molecule has 2 aromatic rings. The molecule has 2 saturated heterocycles. The SMILES string of the molecule is O=C([C@@H](c1cccnc1)N1CCOCC1)N1CCC(Cn2ccnc2)CC1. The summed E-state index contributed by atoms with van der Waals surface area (Å²) in [5.41, 5.74) is 0.977. The van der Waals surface area contributed by atoms with E-state index in [0.717, 1.165) is 51.1 Å². The van der Waals surface area contributed by atoms with Gasteiger partial charge in [-0.3, -0.25) is 14.7 Å². The first-order chi connectivity index (χ1) is 13.3. The molecular formula is C20H27N5O2. The molecule has 0 bridgehead atoms. The molecule has 2 aromatic heterocycles. The van der Waals surface area contributed by atoms with E-state index in [-0.39, 0.29) is 11.9 Å². The number of hydrogen-bond acceptors (Lipinski definition) is 5. The summed E-state index contributed by atoms with van der Waals surface area (Å²) in [5, 5.41) is 0. The summed E-state index contributed by atoms with van der Waals surface area (Å²) in [5.74, 6) is 0.800. The Kier molecular flexibility index (Phi) is 5.79. The van der Waals surface area contributed by atoms with E-state index in [4.69, 9.17) is 4.74 Å². The number of imidazole rings is 1. The fraction of sp³-hybridized carbons (Fsp3) is 0.550. The topological polar surface area (TPSA) is 63.5 Å². The van der Waals surface area contributed by atoms with Crippen molar-refractivity contribution in [1.29, 1.82) is 0 Å². The molecule has 27 heavy (non-hydrogen) atoms. The molecule has 1 atom stereocenters. The monoisotopic (exact) mass is 369 g/mol. The number of carbonyl (C=O) groups excluding carboxylic acids is 1. The number of nitrogens with zero attached hydrogens (tertiary/aromatic N) is 5. The molecule has 2 aliphatic rings. The van der Waals surface area contributed by atoms with Gasteiger partial charge in [-0.05, 0) is 30.4 Å². The first-order valence-electron chi connectivity index (χ1n) is 9.77. The van der Waals surface area contributed by atoms with Crippen molar-refractivity contribution in [3.63, 3.8) is 0 Å². The minimum Gasteiger partial charge on any atom is -0.379 e. The Morgan fingerprint density at radius 2 is 1.96 bits per heavy atom. The van der Waals surface area contributed by atoms with Crippen LogP contribution in [0.3, 0.4) is 0 Å². The number of carbonyl (C=O) groups is 1. The highest BCUT2D eigenvalue weighted by molar-refractivity contribution is 5.83. The molecule has 4 heterocycles. The van der Waals surface area contributed by atoms with Gasteiger partial charge in [0.2, 0.25) is 5.91 Å². The second kappa shape index (κ2) is 8.63. The minimum absolute atomic E-state index is 0.200. The van der Waals surface area contributed by atoms with Crippen molar-refractivity contribution >= 4 is 5.91 Å². The molecule has 2 aliphatic heterocycles. The molecular weight excluding hydrogens is 342 g/mol. The maximum Gasteiger partial charge on any atom is 0.244 e. The Morgan fingerprint density at radius 1 is 1.15 bits per heavy atom. The maximum absolute atomic E-state index is 13.4. The van der Waals surface area contributed by atoms with Gasteiger partial charge in [0.25, 0.3) is 0 Å². The van der Waals surface area contributed by atoms with E-state index in [1.807, 2.05) is 42.0 Å². The molecule has 0 radical (unpaired) electrons. The average Bonchev–Trinajstić information content (AvgIpc) is 3.23. The fourth-order valence-electron chi connectivity index (χ4n) is 4.08. The third-order valence-electron chi connectivity index (χ3n) is 5.60. The van der Waals surface area contributed by atoms with Crippen LogP contribution in [-0.4, -0.2) is 69.6 Å². The van der Waals surface area contributed by atoms with Gasteiger partial charge in [0.15, 0.2) is 0 Å². The van der Waals surface area contributed by atoms with Crippen LogP contribution in [0.1, 0.15) is 24.4 Å². The van der Waals surface area contributed by atoms with E-state index in [9.17, 15) is 4.79 Å². The number of aromatic nitrogens is 3. The Balaban J connectivity index is 1.42. The minimum atomic E-state index is -0.257. The number of rotatable bonds is 5. The van der Waals surface area contributed by atoms with Crippen molar-refractivity contribution in [2.45, 2.75) is 25.4 Å². The van der Waals surface area contributed by atoms with Crippen molar-refractivity contribution in [1.82, 2.24) is 24.3 Å². The molecule has 144 valence electrons. The van der Waals surface area contributed by atoms with E-state index in [1.165, 1.54) is 0 Å². The summed E-state index contributed by atoms with van der Waals surface area (Å²) in [6.45, 7) is 5.54. The first-order valence-corrected chi connectivity index (χ1v) is 9.77. The van der Waals surface area contributed by atoms with Crippen LogP contribution in [0.4, 0.5) is 0 Å². The van der Waals surface area contributed by atoms with Gasteiger partial charge in [-0.25, -0.2) is 4.98 Å². The Labute approximate surface area is 160 Å². The molecule has 7 heteroatoms. The molecule has 7 nitrogen and oxygen atoms in total. The van der Waals surface area contributed by atoms with Crippen molar-refractivity contribution in [3.05, 3.63) is 48.8 Å². The first kappa shape index (κ1) is 18.1. The number of piperidine rings is 1. The molecule has 0 aliphatic carbocycles. The lowest BCUT2D eigenvalue weighted by Gasteiger charge is -2.39. The van der Waals surface area contributed by atoms with Crippen molar-refractivity contribution < 1.29 is 9.53 Å². The molecule has 0 aromatic carbocycles. The third kappa shape index (κ3) is 4.36. The lowest BCUT2D eigenvalue weighted by Crippen LogP contribution is -2.49. The van der Waals surface area contributed by atoms with E-state index in [0.29, 0.717) is 19.1 Å². The van der Waals surface area contributed by atoms with E-state index >= 15 is 0 Å². The summed E-state index contributed by atoms with van der Waals surface area (Å²) in [4.78, 5) is 26.1. The second-order valence-electron chi connectivity index (χ2n) is 7.37. The highest BCUT2D eigenvalue weighted by Crippen LogP contribution is 2.27. The van der Waals surface area contributed by atoms with Gasteiger partial charge in [0.05, 0.1) is 19.5 Å². The van der Waals surface area contributed by atoms with E-state index in [1.54, 1.807) is 6.20 Å². The normalized spacial score (nSPS) is 20.5. The smallest absolute Gasteiger partial charge is 0.244 e. The van der Waals surface area contributed by atoms with Gasteiger partial charge >= 0.3 is 0 Å². The lowest BCUT2D eigenvalue weighted by atomic mass is 9.95. The summed E-state index contributed by atoms with van der Waals surface area (Å²) in [7, 11) is 0. The van der Waals surface area contributed by atoms with Crippen LogP contribution >= 0.6 is 0 Å². The molecule has 2 fully saturated rings. The number of hydrogen-bond donors (Lipinski definition) is 0. The van der Waals surface area contributed by atoms with Crippen molar-refractivity contribution in [2.24, 2.45) is 5.92 Å². The van der Waals surface area contributed by atoms with Gasteiger partial charge in [0, 0.05) is 57.5 Å². The number of ether oxygens (including phenoxy) is 1. The van der Waals surface area contributed by atoms with Crippen LogP contribution in [0.15, 0.2) is 43.2 Å². The van der Waals surface area contributed by atoms with Gasteiger partial charge in [-0.2, -0.15) is 0 Å². The number of morpholine rings is 1. The summed E-state index contributed by atoms with van der Waals surface area (Å²) in [6, 6.07) is 3.66. The van der Waals surface area contributed by atoms with Crippen LogP contribution in [0.2, 0.25) is 0 Å². The highest BCUT2D eigenvalue weighted by atomic mass is 16.5. The zero-order chi connectivity index (χ0) is 18.5. The van der Waals surface area contributed by atoms with Crippen molar-refractivity contribution in [2.75, 3.05) is 39.4 Å². The van der Waals surface area contributed by atoms with Crippen LogP contribution < -0.4 is 0 Å². The summed E-state index contributed by atoms with van der Waals surface area (Å²) in [6.07, 6.45) is 11.3. The van der Waals surface area contributed by atoms with E-state index in [2.05, 4.69) is 19.4 Å². The molecule has 0 spiro atoms. The Hall–Kier alpha value is -2.25. The Morgan fingerprint density at radius 3 is 2.63 bits per heavy atom. The summed E-state index contributed by atoms with van der Waals surface area (Å²) >= 11 is 0. The predicted molar refractivity (Wildman–Crippen MR) is 101 cm³/mol. The molecule has 0 N–H and O–H groups in total. The van der Waals surface area contributed by atoms with Gasteiger partial charge < -0.3 is 14.2 Å².